The molecule has 0 bridgehead atoms. The van der Waals surface area contributed by atoms with Crippen molar-refractivity contribution in [1.29, 1.82) is 0 Å². The lowest BCUT2D eigenvalue weighted by Crippen LogP contribution is -2.16. The van der Waals surface area contributed by atoms with Crippen molar-refractivity contribution in [3.8, 4) is 0 Å². The topological polar surface area (TPSA) is 157 Å². The molecule has 0 radical (unpaired) electrons. The van der Waals surface area contributed by atoms with Crippen LogP contribution in [0.4, 0.5) is 23.0 Å². The van der Waals surface area contributed by atoms with E-state index in [0.29, 0.717) is 11.4 Å². The SMILES string of the molecule is Nc1ccc(S(=O)(=O)Nc2cccc(NS(=O)(=O)c3ccc(N)cc3)n2)cc1. The summed E-state index contributed by atoms with van der Waals surface area (Å²) in [5.41, 5.74) is 12.0. The summed E-state index contributed by atoms with van der Waals surface area (Å²) in [6.07, 6.45) is 0. The summed E-state index contributed by atoms with van der Waals surface area (Å²) in [4.78, 5) is 3.99. The molecule has 0 amide bonds. The first-order valence-electron chi connectivity index (χ1n) is 7.89. The van der Waals surface area contributed by atoms with Crippen LogP contribution in [0.2, 0.25) is 0 Å². The minimum Gasteiger partial charge on any atom is -0.399 e. The average Bonchev–Trinajstić information content (AvgIpc) is 2.62. The lowest BCUT2D eigenvalue weighted by Gasteiger charge is -2.11. The standard InChI is InChI=1S/C17H17N5O4S2/c18-12-4-8-14(9-5-12)27(23,24)21-16-2-1-3-17(20-16)22-28(25,26)15-10-6-13(19)7-11-15/h1-11H,18-19H2,(H2,20,21,22). The van der Waals surface area contributed by atoms with Gasteiger partial charge in [0.05, 0.1) is 9.79 Å². The minimum absolute atomic E-state index is 0.00337. The van der Waals surface area contributed by atoms with Crippen LogP contribution in [-0.2, 0) is 20.0 Å². The van der Waals surface area contributed by atoms with Gasteiger partial charge in [-0.1, -0.05) is 6.07 Å². The third-order valence-corrected chi connectivity index (χ3v) is 6.35. The maximum atomic E-state index is 12.4. The first-order chi connectivity index (χ1) is 13.2. The fourth-order valence-electron chi connectivity index (χ4n) is 2.24. The third kappa shape index (κ3) is 4.50. The number of hydrogen-bond acceptors (Lipinski definition) is 7. The highest BCUT2D eigenvalue weighted by molar-refractivity contribution is 7.93. The molecule has 3 rings (SSSR count). The summed E-state index contributed by atoms with van der Waals surface area (Å²) >= 11 is 0. The van der Waals surface area contributed by atoms with Gasteiger partial charge < -0.3 is 11.5 Å². The van der Waals surface area contributed by atoms with Crippen LogP contribution in [0.25, 0.3) is 0 Å². The van der Waals surface area contributed by atoms with Gasteiger partial charge in [-0.05, 0) is 60.7 Å². The van der Waals surface area contributed by atoms with Gasteiger partial charge in [-0.25, -0.2) is 21.8 Å². The van der Waals surface area contributed by atoms with Gasteiger partial charge >= 0.3 is 0 Å². The zero-order chi connectivity index (χ0) is 20.4. The highest BCUT2D eigenvalue weighted by Gasteiger charge is 2.17. The van der Waals surface area contributed by atoms with Crippen molar-refractivity contribution in [2.45, 2.75) is 9.79 Å². The number of nitrogen functional groups attached to an aromatic ring is 2. The van der Waals surface area contributed by atoms with Crippen molar-refractivity contribution in [3.05, 3.63) is 66.7 Å². The Kier molecular flexibility index (Phi) is 5.12. The Hall–Kier alpha value is -3.31. The quantitative estimate of drug-likeness (QED) is 0.444. The van der Waals surface area contributed by atoms with Gasteiger partial charge in [-0.15, -0.1) is 0 Å². The normalized spacial score (nSPS) is 11.7. The summed E-state index contributed by atoms with van der Waals surface area (Å²) < 4.78 is 54.3. The summed E-state index contributed by atoms with van der Waals surface area (Å²) in [6.45, 7) is 0. The van der Waals surface area contributed by atoms with Gasteiger partial charge in [-0.2, -0.15) is 0 Å². The average molecular weight is 419 g/mol. The number of rotatable bonds is 6. The van der Waals surface area contributed by atoms with E-state index in [0.717, 1.165) is 0 Å². The van der Waals surface area contributed by atoms with Gasteiger partial charge in [0, 0.05) is 11.4 Å². The summed E-state index contributed by atoms with van der Waals surface area (Å²) in [5, 5.41) is 0. The van der Waals surface area contributed by atoms with Crippen LogP contribution >= 0.6 is 0 Å². The van der Waals surface area contributed by atoms with E-state index in [4.69, 9.17) is 11.5 Å². The Labute approximate surface area is 162 Å². The molecule has 2 aromatic carbocycles. The van der Waals surface area contributed by atoms with E-state index in [1.807, 2.05) is 0 Å². The van der Waals surface area contributed by atoms with Gasteiger partial charge in [0.2, 0.25) is 0 Å². The van der Waals surface area contributed by atoms with E-state index >= 15 is 0 Å². The van der Waals surface area contributed by atoms with Crippen molar-refractivity contribution >= 4 is 43.1 Å². The molecule has 28 heavy (non-hydrogen) atoms. The maximum absolute atomic E-state index is 12.4. The lowest BCUT2D eigenvalue weighted by molar-refractivity contribution is 0.599. The van der Waals surface area contributed by atoms with Crippen LogP contribution in [0.15, 0.2) is 76.5 Å². The molecule has 9 nitrogen and oxygen atoms in total. The Morgan fingerprint density at radius 2 is 0.964 bits per heavy atom. The molecule has 0 unspecified atom stereocenters. The second-order valence-electron chi connectivity index (χ2n) is 5.76. The fraction of sp³-hybridized carbons (Fsp3) is 0. The largest absolute Gasteiger partial charge is 0.399 e. The Bertz CT molecular complexity index is 1100. The number of nitrogens with two attached hydrogens (primary N) is 2. The monoisotopic (exact) mass is 419 g/mol. The van der Waals surface area contributed by atoms with Gasteiger partial charge in [-0.3, -0.25) is 9.44 Å². The summed E-state index contributed by atoms with van der Waals surface area (Å²) in [6, 6.07) is 15.5. The summed E-state index contributed by atoms with van der Waals surface area (Å²) in [7, 11) is -7.81. The Morgan fingerprint density at radius 1 is 0.607 bits per heavy atom. The molecule has 1 aromatic heterocycles. The molecule has 0 atom stereocenters. The highest BCUT2D eigenvalue weighted by Crippen LogP contribution is 2.19. The smallest absolute Gasteiger partial charge is 0.263 e. The van der Waals surface area contributed by atoms with Crippen molar-refractivity contribution in [3.63, 3.8) is 0 Å². The number of nitrogens with zero attached hydrogens (tertiary/aromatic N) is 1. The van der Waals surface area contributed by atoms with Crippen LogP contribution in [0.5, 0.6) is 0 Å². The summed E-state index contributed by atoms with van der Waals surface area (Å²) in [5.74, 6) is -0.0938. The van der Waals surface area contributed by atoms with Crippen molar-refractivity contribution in [1.82, 2.24) is 4.98 Å². The van der Waals surface area contributed by atoms with Gasteiger partial charge in [0.1, 0.15) is 11.6 Å². The Morgan fingerprint density at radius 3 is 1.32 bits per heavy atom. The molecular weight excluding hydrogens is 402 g/mol. The molecule has 6 N–H and O–H groups in total. The molecule has 0 spiro atoms. The van der Waals surface area contributed by atoms with Crippen LogP contribution in [0.1, 0.15) is 0 Å². The minimum atomic E-state index is -3.91. The molecular formula is C17H17N5O4S2. The van der Waals surface area contributed by atoms with Crippen LogP contribution in [0, 0.1) is 0 Å². The molecule has 0 fully saturated rings. The molecule has 146 valence electrons. The van der Waals surface area contributed by atoms with E-state index < -0.39 is 20.0 Å². The van der Waals surface area contributed by atoms with Crippen LogP contribution < -0.4 is 20.9 Å². The maximum Gasteiger partial charge on any atom is 0.263 e. The highest BCUT2D eigenvalue weighted by atomic mass is 32.2. The molecule has 0 aliphatic carbocycles. The van der Waals surface area contributed by atoms with Crippen LogP contribution in [-0.4, -0.2) is 21.8 Å². The van der Waals surface area contributed by atoms with E-state index in [9.17, 15) is 16.8 Å². The van der Waals surface area contributed by atoms with Crippen LogP contribution in [0.3, 0.4) is 0 Å². The molecule has 0 aliphatic heterocycles. The number of benzene rings is 2. The number of pyridine rings is 1. The fourth-order valence-corrected chi connectivity index (χ4v) is 4.24. The number of aromatic nitrogens is 1. The van der Waals surface area contributed by atoms with E-state index in [1.54, 1.807) is 0 Å². The first kappa shape index (κ1) is 19.5. The van der Waals surface area contributed by atoms with Crippen molar-refractivity contribution in [2.24, 2.45) is 0 Å². The van der Waals surface area contributed by atoms with Gasteiger partial charge in [0.15, 0.2) is 0 Å². The number of hydrogen-bond donors (Lipinski definition) is 4. The number of sulfonamides is 2. The zero-order valence-electron chi connectivity index (χ0n) is 14.4. The van der Waals surface area contributed by atoms with E-state index in [1.165, 1.54) is 66.7 Å². The molecule has 1 heterocycles. The van der Waals surface area contributed by atoms with E-state index in [-0.39, 0.29) is 21.4 Å². The number of nitrogens with one attached hydrogen (secondary N) is 2. The molecule has 0 aliphatic rings. The third-order valence-electron chi connectivity index (χ3n) is 3.61. The molecule has 0 saturated heterocycles. The van der Waals surface area contributed by atoms with E-state index in [2.05, 4.69) is 14.4 Å². The Balaban J connectivity index is 1.82. The second kappa shape index (κ2) is 7.37. The number of anilines is 4. The lowest BCUT2D eigenvalue weighted by atomic mass is 10.3. The van der Waals surface area contributed by atoms with Crippen molar-refractivity contribution in [2.75, 3.05) is 20.9 Å². The van der Waals surface area contributed by atoms with Gasteiger partial charge in [0.25, 0.3) is 20.0 Å². The predicted octanol–water partition coefficient (Wildman–Crippen LogP) is 1.85. The molecule has 0 saturated carbocycles. The predicted molar refractivity (Wildman–Crippen MR) is 108 cm³/mol. The zero-order valence-corrected chi connectivity index (χ0v) is 16.0. The second-order valence-corrected chi connectivity index (χ2v) is 9.12. The molecule has 3 aromatic rings. The van der Waals surface area contributed by atoms with Crippen molar-refractivity contribution < 1.29 is 16.8 Å². The molecule has 11 heteroatoms. The first-order valence-corrected chi connectivity index (χ1v) is 10.9.